The first-order valence-electron chi connectivity index (χ1n) is 9.93. The van der Waals surface area contributed by atoms with E-state index >= 15 is 0 Å². The summed E-state index contributed by atoms with van der Waals surface area (Å²) in [4.78, 5) is 35.4. The van der Waals surface area contributed by atoms with Crippen LogP contribution in [0.2, 0.25) is 0 Å². The third-order valence-electron chi connectivity index (χ3n) is 5.05. The summed E-state index contributed by atoms with van der Waals surface area (Å²) in [6, 6.07) is 4.06. The molecule has 0 spiro atoms. The first-order chi connectivity index (χ1) is 14.0. The van der Waals surface area contributed by atoms with Gasteiger partial charge in [-0.2, -0.15) is 0 Å². The maximum atomic E-state index is 12.6. The number of amides is 2. The maximum Gasteiger partial charge on any atom is 0.248 e. The summed E-state index contributed by atoms with van der Waals surface area (Å²) in [7, 11) is 1.50. The Morgan fingerprint density at radius 3 is 2.90 bits per heavy atom. The summed E-state index contributed by atoms with van der Waals surface area (Å²) < 4.78 is 4.91. The molecule has 1 fully saturated rings. The van der Waals surface area contributed by atoms with Crippen molar-refractivity contribution in [3.63, 3.8) is 0 Å². The number of nitrogens with zero attached hydrogens (tertiary/aromatic N) is 3. The summed E-state index contributed by atoms with van der Waals surface area (Å²) in [6.45, 7) is 5.82. The number of hydrogen-bond acceptors (Lipinski definition) is 6. The zero-order valence-electron chi connectivity index (χ0n) is 17.2. The number of carbonyl (C=O) groups excluding carboxylic acids is 2. The molecule has 1 saturated heterocycles. The van der Waals surface area contributed by atoms with Crippen LogP contribution in [0.4, 0.5) is 0 Å². The number of hydrogen-bond donors (Lipinski definition) is 1. The van der Waals surface area contributed by atoms with Crippen molar-refractivity contribution < 1.29 is 14.3 Å². The first-order valence-corrected chi connectivity index (χ1v) is 10.8. The Morgan fingerprint density at radius 2 is 2.21 bits per heavy atom. The van der Waals surface area contributed by atoms with Gasteiger partial charge < -0.3 is 15.0 Å². The van der Waals surface area contributed by atoms with E-state index in [0.29, 0.717) is 25.6 Å². The number of thiazole rings is 1. The SMILES string of the molecule is COCC(=O)N1CCC[C@H](C(=O)NCc2nc(-c3ccc(C(C)C)nc3)cs2)C1. The largest absolute Gasteiger partial charge is 0.375 e. The van der Waals surface area contributed by atoms with Crippen molar-refractivity contribution in [2.24, 2.45) is 5.92 Å². The molecule has 8 heteroatoms. The van der Waals surface area contributed by atoms with Gasteiger partial charge >= 0.3 is 0 Å². The van der Waals surface area contributed by atoms with Crippen molar-refractivity contribution in [1.82, 2.24) is 20.2 Å². The first kappa shape index (κ1) is 21.4. The predicted octanol–water partition coefficient (Wildman–Crippen LogP) is 2.83. The molecule has 0 aromatic carbocycles. The van der Waals surface area contributed by atoms with Crippen LogP contribution in [0, 0.1) is 5.92 Å². The lowest BCUT2D eigenvalue weighted by Gasteiger charge is -2.31. The van der Waals surface area contributed by atoms with Crippen LogP contribution >= 0.6 is 11.3 Å². The van der Waals surface area contributed by atoms with Crippen LogP contribution in [-0.4, -0.2) is 53.5 Å². The summed E-state index contributed by atoms with van der Waals surface area (Å²) in [5.41, 5.74) is 2.90. The number of carbonyl (C=O) groups is 2. The van der Waals surface area contributed by atoms with Gasteiger partial charge in [0.1, 0.15) is 11.6 Å². The van der Waals surface area contributed by atoms with E-state index in [9.17, 15) is 9.59 Å². The Balaban J connectivity index is 1.53. The number of aromatic nitrogens is 2. The van der Waals surface area contributed by atoms with Crippen LogP contribution in [0.3, 0.4) is 0 Å². The molecule has 1 N–H and O–H groups in total. The lowest BCUT2D eigenvalue weighted by molar-refractivity contribution is -0.139. The standard InChI is InChI=1S/C21H28N4O3S/c1-14(2)17-7-6-15(9-22-17)18-13-29-19(24-18)10-23-21(27)16-5-4-8-25(11-16)20(26)12-28-3/h6-7,9,13-14,16H,4-5,8,10-12H2,1-3H3,(H,23,27)/t16-/m0/s1. The highest BCUT2D eigenvalue weighted by molar-refractivity contribution is 7.09. The zero-order valence-corrected chi connectivity index (χ0v) is 18.0. The molecule has 1 aliphatic heterocycles. The summed E-state index contributed by atoms with van der Waals surface area (Å²) >= 11 is 1.52. The van der Waals surface area contributed by atoms with Gasteiger partial charge in [0.25, 0.3) is 0 Å². The van der Waals surface area contributed by atoms with Gasteiger partial charge in [0.2, 0.25) is 11.8 Å². The number of rotatable bonds is 7. The molecular weight excluding hydrogens is 388 g/mol. The fraction of sp³-hybridized carbons (Fsp3) is 0.524. The predicted molar refractivity (Wildman–Crippen MR) is 112 cm³/mol. The summed E-state index contributed by atoms with van der Waals surface area (Å²) in [6.07, 6.45) is 3.47. The van der Waals surface area contributed by atoms with Crippen molar-refractivity contribution in [3.8, 4) is 11.3 Å². The molecule has 2 amide bonds. The van der Waals surface area contributed by atoms with Crippen LogP contribution in [-0.2, 0) is 20.9 Å². The Hall–Kier alpha value is -2.32. The molecule has 29 heavy (non-hydrogen) atoms. The van der Waals surface area contributed by atoms with Crippen LogP contribution in [0.1, 0.15) is 43.3 Å². The number of ether oxygens (including phenoxy) is 1. The molecular formula is C21H28N4O3S. The highest BCUT2D eigenvalue weighted by Gasteiger charge is 2.28. The Morgan fingerprint density at radius 1 is 1.38 bits per heavy atom. The fourth-order valence-corrected chi connectivity index (χ4v) is 4.11. The fourth-order valence-electron chi connectivity index (χ4n) is 3.36. The number of methoxy groups -OCH3 is 1. The molecule has 3 heterocycles. The van der Waals surface area contributed by atoms with Crippen molar-refractivity contribution >= 4 is 23.2 Å². The van der Waals surface area contributed by atoms with Gasteiger partial charge in [-0.3, -0.25) is 14.6 Å². The van der Waals surface area contributed by atoms with Gasteiger partial charge in [-0.15, -0.1) is 11.3 Å². The van der Waals surface area contributed by atoms with E-state index in [1.807, 2.05) is 23.7 Å². The van der Waals surface area contributed by atoms with Crippen LogP contribution in [0.15, 0.2) is 23.7 Å². The topological polar surface area (TPSA) is 84.4 Å². The summed E-state index contributed by atoms with van der Waals surface area (Å²) in [5.74, 6) is 0.119. The molecule has 0 aliphatic carbocycles. The van der Waals surface area contributed by atoms with Crippen molar-refractivity contribution in [3.05, 3.63) is 34.4 Å². The normalized spacial score (nSPS) is 16.8. The molecule has 7 nitrogen and oxygen atoms in total. The van der Waals surface area contributed by atoms with E-state index in [0.717, 1.165) is 34.8 Å². The quantitative estimate of drug-likeness (QED) is 0.750. The number of likely N-dealkylation sites (tertiary alicyclic amines) is 1. The molecule has 0 saturated carbocycles. The second kappa shape index (κ2) is 9.93. The molecule has 1 aliphatic rings. The third kappa shape index (κ3) is 5.61. The van der Waals surface area contributed by atoms with E-state index in [4.69, 9.17) is 4.74 Å². The lowest BCUT2D eigenvalue weighted by Crippen LogP contribution is -2.46. The van der Waals surface area contributed by atoms with Gasteiger partial charge in [0.05, 0.1) is 18.2 Å². The minimum Gasteiger partial charge on any atom is -0.375 e. The molecule has 156 valence electrons. The van der Waals surface area contributed by atoms with Gasteiger partial charge in [0, 0.05) is 43.0 Å². The van der Waals surface area contributed by atoms with Crippen LogP contribution in [0.25, 0.3) is 11.3 Å². The minimum atomic E-state index is -0.184. The third-order valence-corrected chi connectivity index (χ3v) is 5.90. The second-order valence-corrected chi connectivity index (χ2v) is 8.53. The van der Waals surface area contributed by atoms with Crippen LogP contribution in [0.5, 0.6) is 0 Å². The Kier molecular flexibility index (Phi) is 7.33. The number of pyridine rings is 1. The van der Waals surface area contributed by atoms with E-state index in [1.165, 1.54) is 18.4 Å². The number of nitrogens with one attached hydrogen (secondary N) is 1. The van der Waals surface area contributed by atoms with Gasteiger partial charge in [0.15, 0.2) is 0 Å². The molecule has 2 aromatic heterocycles. The van der Waals surface area contributed by atoms with Crippen molar-refractivity contribution in [2.75, 3.05) is 26.8 Å². The average molecular weight is 417 g/mol. The Bertz CT molecular complexity index is 835. The molecule has 0 bridgehead atoms. The van der Waals surface area contributed by atoms with E-state index in [2.05, 4.69) is 29.1 Å². The van der Waals surface area contributed by atoms with Gasteiger partial charge in [-0.25, -0.2) is 4.98 Å². The van der Waals surface area contributed by atoms with E-state index in [1.54, 1.807) is 4.90 Å². The average Bonchev–Trinajstić information content (AvgIpc) is 3.21. The van der Waals surface area contributed by atoms with Gasteiger partial charge in [-0.05, 0) is 30.9 Å². The monoisotopic (exact) mass is 416 g/mol. The van der Waals surface area contributed by atoms with Crippen molar-refractivity contribution in [1.29, 1.82) is 0 Å². The number of piperidine rings is 1. The molecule has 3 rings (SSSR count). The highest BCUT2D eigenvalue weighted by atomic mass is 32.1. The smallest absolute Gasteiger partial charge is 0.248 e. The highest BCUT2D eigenvalue weighted by Crippen LogP contribution is 2.23. The zero-order chi connectivity index (χ0) is 20.8. The van der Waals surface area contributed by atoms with E-state index in [-0.39, 0.29) is 24.3 Å². The molecule has 0 radical (unpaired) electrons. The summed E-state index contributed by atoms with van der Waals surface area (Å²) in [5, 5.41) is 5.81. The molecule has 0 unspecified atom stereocenters. The maximum absolute atomic E-state index is 12.6. The molecule has 2 aromatic rings. The van der Waals surface area contributed by atoms with Gasteiger partial charge in [-0.1, -0.05) is 13.8 Å². The Labute approximate surface area is 175 Å². The van der Waals surface area contributed by atoms with Crippen molar-refractivity contribution in [2.45, 2.75) is 39.2 Å². The van der Waals surface area contributed by atoms with Crippen LogP contribution < -0.4 is 5.32 Å². The van der Waals surface area contributed by atoms with E-state index < -0.39 is 0 Å². The minimum absolute atomic E-state index is 0.0281. The lowest BCUT2D eigenvalue weighted by atomic mass is 9.97. The molecule has 1 atom stereocenters. The second-order valence-electron chi connectivity index (χ2n) is 7.58.